The highest BCUT2D eigenvalue weighted by atomic mass is 127. The average Bonchev–Trinajstić information content (AvgIpc) is 2.40. The predicted molar refractivity (Wildman–Crippen MR) is 51.6 cm³/mol. The van der Waals surface area contributed by atoms with Crippen LogP contribution in [0.4, 0.5) is 0 Å². The second-order valence-corrected chi connectivity index (χ2v) is 5.99. The molecule has 3 atom stereocenters. The summed E-state index contributed by atoms with van der Waals surface area (Å²) in [7, 11) is 0. The molecule has 2 fully saturated rings. The molecule has 1 saturated carbocycles. The van der Waals surface area contributed by atoms with Gasteiger partial charge in [0.25, 0.3) is 0 Å². The molecule has 0 bridgehead atoms. The van der Waals surface area contributed by atoms with Crippen molar-refractivity contribution in [3.05, 3.63) is 0 Å². The first-order valence-corrected chi connectivity index (χ1v) is 5.21. The smallest absolute Gasteiger partial charge is 0.0393 e. The fourth-order valence-corrected chi connectivity index (χ4v) is 3.36. The van der Waals surface area contributed by atoms with E-state index in [9.17, 15) is 0 Å². The van der Waals surface area contributed by atoms with E-state index in [1.54, 1.807) is 0 Å². The standard InChI is InChI=1S/C8H14IN/c1-6-2-3-10-7-5-8(7,9)4-6/h6-7,10H,2-5H2,1H3. The maximum Gasteiger partial charge on any atom is 0.0393 e. The molecule has 0 aromatic carbocycles. The molecule has 1 heterocycles. The van der Waals surface area contributed by atoms with Gasteiger partial charge in [0.15, 0.2) is 0 Å². The molecule has 1 aliphatic heterocycles. The summed E-state index contributed by atoms with van der Waals surface area (Å²) >= 11 is 2.64. The summed E-state index contributed by atoms with van der Waals surface area (Å²) < 4.78 is 0.660. The third kappa shape index (κ3) is 1.20. The van der Waals surface area contributed by atoms with E-state index < -0.39 is 0 Å². The van der Waals surface area contributed by atoms with Crippen LogP contribution in [0.5, 0.6) is 0 Å². The van der Waals surface area contributed by atoms with Gasteiger partial charge in [-0.15, -0.1) is 0 Å². The lowest BCUT2D eigenvalue weighted by Crippen LogP contribution is -2.20. The molecule has 0 amide bonds. The minimum Gasteiger partial charge on any atom is -0.313 e. The van der Waals surface area contributed by atoms with Crippen LogP contribution in [0, 0.1) is 5.92 Å². The molecular formula is C8H14IN. The van der Waals surface area contributed by atoms with E-state index in [1.165, 1.54) is 25.8 Å². The highest BCUT2D eigenvalue weighted by molar-refractivity contribution is 14.1. The molecule has 2 aliphatic rings. The molecule has 10 heavy (non-hydrogen) atoms. The fourth-order valence-electron chi connectivity index (χ4n) is 1.95. The summed E-state index contributed by atoms with van der Waals surface area (Å²) in [6.07, 6.45) is 4.23. The summed E-state index contributed by atoms with van der Waals surface area (Å²) in [5, 5.41) is 3.58. The van der Waals surface area contributed by atoms with Crippen LogP contribution in [0.1, 0.15) is 26.2 Å². The molecule has 2 heteroatoms. The first kappa shape index (κ1) is 7.35. The molecular weight excluding hydrogens is 237 g/mol. The van der Waals surface area contributed by atoms with Crippen molar-refractivity contribution in [3.8, 4) is 0 Å². The normalized spacial score (nSPS) is 53.4. The van der Waals surface area contributed by atoms with Crippen molar-refractivity contribution in [1.82, 2.24) is 5.32 Å². The van der Waals surface area contributed by atoms with Crippen molar-refractivity contribution in [2.75, 3.05) is 6.54 Å². The topological polar surface area (TPSA) is 12.0 Å². The summed E-state index contributed by atoms with van der Waals surface area (Å²) in [6.45, 7) is 3.62. The minimum absolute atomic E-state index is 0.660. The number of alkyl halides is 1. The second kappa shape index (κ2) is 2.34. The van der Waals surface area contributed by atoms with Crippen LogP contribution in [0.2, 0.25) is 0 Å². The highest BCUT2D eigenvalue weighted by Crippen LogP contribution is 2.51. The maximum absolute atomic E-state index is 3.58. The van der Waals surface area contributed by atoms with Crippen LogP contribution < -0.4 is 5.32 Å². The third-order valence-corrected chi connectivity index (χ3v) is 4.36. The van der Waals surface area contributed by atoms with Crippen molar-refractivity contribution in [2.45, 2.75) is 35.6 Å². The number of hydrogen-bond donors (Lipinski definition) is 1. The SMILES string of the molecule is CC1CCNC2CC2(I)C1. The first-order valence-electron chi connectivity index (χ1n) is 4.13. The van der Waals surface area contributed by atoms with Crippen LogP contribution in [0.15, 0.2) is 0 Å². The first-order chi connectivity index (χ1) is 4.71. The van der Waals surface area contributed by atoms with Gasteiger partial charge in [-0.1, -0.05) is 29.5 Å². The molecule has 58 valence electrons. The van der Waals surface area contributed by atoms with E-state index in [0.717, 1.165) is 12.0 Å². The zero-order valence-electron chi connectivity index (χ0n) is 6.36. The zero-order valence-corrected chi connectivity index (χ0v) is 8.52. The average molecular weight is 251 g/mol. The van der Waals surface area contributed by atoms with Gasteiger partial charge in [0.05, 0.1) is 0 Å². The van der Waals surface area contributed by atoms with Crippen molar-refractivity contribution in [3.63, 3.8) is 0 Å². The molecule has 2 rings (SSSR count). The minimum atomic E-state index is 0.660. The molecule has 1 N–H and O–H groups in total. The van der Waals surface area contributed by atoms with Crippen molar-refractivity contribution >= 4 is 22.6 Å². The van der Waals surface area contributed by atoms with E-state index >= 15 is 0 Å². The lowest BCUT2D eigenvalue weighted by Gasteiger charge is -2.10. The van der Waals surface area contributed by atoms with Crippen LogP contribution >= 0.6 is 22.6 Å². The Balaban J connectivity index is 2.02. The van der Waals surface area contributed by atoms with Gasteiger partial charge in [-0.3, -0.25) is 0 Å². The number of nitrogens with one attached hydrogen (secondary N) is 1. The van der Waals surface area contributed by atoms with Gasteiger partial charge in [0, 0.05) is 9.46 Å². The van der Waals surface area contributed by atoms with E-state index in [4.69, 9.17) is 0 Å². The molecule has 0 aromatic rings. The van der Waals surface area contributed by atoms with Gasteiger partial charge in [-0.05, 0) is 31.7 Å². The summed E-state index contributed by atoms with van der Waals surface area (Å²) in [5.41, 5.74) is 0. The van der Waals surface area contributed by atoms with Crippen molar-refractivity contribution in [1.29, 1.82) is 0 Å². The lowest BCUT2D eigenvalue weighted by molar-refractivity contribution is 0.502. The number of halogens is 1. The molecule has 0 spiro atoms. The molecule has 0 radical (unpaired) electrons. The molecule has 0 aromatic heterocycles. The van der Waals surface area contributed by atoms with Gasteiger partial charge in [-0.2, -0.15) is 0 Å². The Hall–Kier alpha value is 0.690. The Morgan fingerprint density at radius 3 is 3.10 bits per heavy atom. The molecule has 1 saturated heterocycles. The van der Waals surface area contributed by atoms with Crippen LogP contribution in [0.25, 0.3) is 0 Å². The van der Waals surface area contributed by atoms with Crippen molar-refractivity contribution in [2.24, 2.45) is 5.92 Å². The number of rotatable bonds is 0. The second-order valence-electron chi connectivity index (χ2n) is 3.84. The summed E-state index contributed by atoms with van der Waals surface area (Å²) in [4.78, 5) is 0. The van der Waals surface area contributed by atoms with E-state index in [-0.39, 0.29) is 0 Å². The molecule has 1 nitrogen and oxygen atoms in total. The number of hydrogen-bond acceptors (Lipinski definition) is 1. The molecule has 1 aliphatic carbocycles. The summed E-state index contributed by atoms with van der Waals surface area (Å²) in [6, 6.07) is 0.859. The van der Waals surface area contributed by atoms with Crippen LogP contribution in [0.3, 0.4) is 0 Å². The monoisotopic (exact) mass is 251 g/mol. The largest absolute Gasteiger partial charge is 0.313 e. The van der Waals surface area contributed by atoms with Gasteiger partial charge in [0.1, 0.15) is 0 Å². The van der Waals surface area contributed by atoms with Gasteiger partial charge >= 0.3 is 0 Å². The molecule has 3 unspecified atom stereocenters. The Labute approximate surface area is 76.1 Å². The fraction of sp³-hybridized carbons (Fsp3) is 1.00. The Bertz CT molecular complexity index is 148. The Morgan fingerprint density at radius 1 is 1.50 bits per heavy atom. The van der Waals surface area contributed by atoms with Gasteiger partial charge in [-0.25, -0.2) is 0 Å². The third-order valence-electron chi connectivity index (χ3n) is 2.72. The van der Waals surface area contributed by atoms with E-state index in [2.05, 4.69) is 34.8 Å². The Kier molecular flexibility index (Phi) is 1.72. The maximum atomic E-state index is 3.58. The lowest BCUT2D eigenvalue weighted by atomic mass is 10.0. The van der Waals surface area contributed by atoms with E-state index in [0.29, 0.717) is 3.42 Å². The van der Waals surface area contributed by atoms with Crippen molar-refractivity contribution < 1.29 is 0 Å². The Morgan fingerprint density at radius 2 is 2.30 bits per heavy atom. The van der Waals surface area contributed by atoms with Gasteiger partial charge < -0.3 is 5.32 Å². The van der Waals surface area contributed by atoms with Crippen LogP contribution in [-0.4, -0.2) is 16.0 Å². The summed E-state index contributed by atoms with van der Waals surface area (Å²) in [5.74, 6) is 0.942. The predicted octanol–water partition coefficient (Wildman–Crippen LogP) is 1.95. The number of fused-ring (bicyclic) bond motifs is 1. The highest BCUT2D eigenvalue weighted by Gasteiger charge is 2.53. The quantitative estimate of drug-likeness (QED) is 0.512. The zero-order chi connectivity index (χ0) is 7.19. The van der Waals surface area contributed by atoms with Gasteiger partial charge in [0.2, 0.25) is 0 Å². The van der Waals surface area contributed by atoms with E-state index in [1.807, 2.05) is 0 Å². The van der Waals surface area contributed by atoms with Crippen LogP contribution in [-0.2, 0) is 0 Å².